The topological polar surface area (TPSA) is 169 Å². The van der Waals surface area contributed by atoms with E-state index in [-0.39, 0.29) is 6.61 Å². The molecule has 1 fully saturated rings. The smallest absolute Gasteiger partial charge is 0.417 e. The van der Waals surface area contributed by atoms with Gasteiger partial charge < -0.3 is 30.2 Å². The maximum atomic E-state index is 13.3. The van der Waals surface area contributed by atoms with Gasteiger partial charge in [-0.15, -0.1) is 0 Å². The standard InChI is InChI=1S/C27H38N4O9/c1-15(2)20(30-25(36)40-27(5,6)7)23(34)31-21(17(4)39-26(31)37)22(33)28-13-19(32)29-16(3)24(35)38-14-18-11-9-8-10-12-18/h8-12,15-17,20-21H,13-14H2,1-7H3,(H,28,33)(H,29,32)(H,30,36)/t16-,17+,20-,21-/m0/s1. The lowest BCUT2D eigenvalue weighted by atomic mass is 10.0. The van der Waals surface area contributed by atoms with Gasteiger partial charge in [0.2, 0.25) is 11.8 Å². The zero-order chi connectivity index (χ0) is 30.2. The Balaban J connectivity index is 1.98. The lowest BCUT2D eigenvalue weighted by molar-refractivity contribution is -0.148. The minimum absolute atomic E-state index is 0.0359. The first kappa shape index (κ1) is 32.1. The summed E-state index contributed by atoms with van der Waals surface area (Å²) in [6.07, 6.45) is -2.96. The Morgan fingerprint density at radius 2 is 1.65 bits per heavy atom. The Kier molecular flexibility index (Phi) is 11.0. The second-order valence-corrected chi connectivity index (χ2v) is 10.7. The number of alkyl carbamates (subject to hydrolysis) is 1. The van der Waals surface area contributed by atoms with E-state index in [1.54, 1.807) is 58.9 Å². The van der Waals surface area contributed by atoms with Crippen molar-refractivity contribution in [2.75, 3.05) is 6.54 Å². The number of amides is 5. The molecule has 0 aromatic heterocycles. The maximum Gasteiger partial charge on any atom is 0.417 e. The van der Waals surface area contributed by atoms with E-state index in [1.807, 2.05) is 6.07 Å². The minimum Gasteiger partial charge on any atom is -0.459 e. The SMILES string of the molecule is CC(C)[C@H](NC(=O)OC(C)(C)C)C(=O)N1C(=O)O[C@H](C)[C@H]1C(=O)NCC(=O)N[C@@H](C)C(=O)OCc1ccccc1. The highest BCUT2D eigenvalue weighted by Crippen LogP contribution is 2.22. The van der Waals surface area contributed by atoms with E-state index in [0.717, 1.165) is 5.56 Å². The fourth-order valence-corrected chi connectivity index (χ4v) is 3.74. The number of carbonyl (C=O) groups excluding carboxylic acids is 6. The van der Waals surface area contributed by atoms with Crippen molar-refractivity contribution in [1.82, 2.24) is 20.9 Å². The van der Waals surface area contributed by atoms with Crippen molar-refractivity contribution in [1.29, 1.82) is 0 Å². The van der Waals surface area contributed by atoms with Gasteiger partial charge in [-0.2, -0.15) is 0 Å². The molecule has 1 aromatic rings. The van der Waals surface area contributed by atoms with E-state index in [4.69, 9.17) is 14.2 Å². The average molecular weight is 563 g/mol. The summed E-state index contributed by atoms with van der Waals surface area (Å²) in [6, 6.07) is 5.41. The number of ether oxygens (including phenoxy) is 3. The van der Waals surface area contributed by atoms with Gasteiger partial charge in [-0.05, 0) is 46.1 Å². The zero-order valence-corrected chi connectivity index (χ0v) is 23.8. The fourth-order valence-electron chi connectivity index (χ4n) is 3.74. The van der Waals surface area contributed by atoms with E-state index in [2.05, 4.69) is 16.0 Å². The van der Waals surface area contributed by atoms with Crippen LogP contribution < -0.4 is 16.0 Å². The zero-order valence-electron chi connectivity index (χ0n) is 23.8. The van der Waals surface area contributed by atoms with E-state index in [1.165, 1.54) is 13.8 Å². The second kappa shape index (κ2) is 13.8. The molecule has 1 aromatic carbocycles. The van der Waals surface area contributed by atoms with Gasteiger partial charge in [0.1, 0.15) is 30.4 Å². The van der Waals surface area contributed by atoms with Crippen molar-refractivity contribution in [2.45, 2.75) is 84.9 Å². The fraction of sp³-hybridized carbons (Fsp3) is 0.556. The van der Waals surface area contributed by atoms with E-state index in [0.29, 0.717) is 4.90 Å². The van der Waals surface area contributed by atoms with Gasteiger partial charge in [0, 0.05) is 0 Å². The molecule has 1 saturated heterocycles. The van der Waals surface area contributed by atoms with Gasteiger partial charge >= 0.3 is 18.2 Å². The number of carbonyl (C=O) groups is 6. The first-order chi connectivity index (χ1) is 18.6. The minimum atomic E-state index is -1.40. The second-order valence-electron chi connectivity index (χ2n) is 10.7. The number of rotatable bonds is 10. The van der Waals surface area contributed by atoms with Crippen LogP contribution >= 0.6 is 0 Å². The highest BCUT2D eigenvalue weighted by molar-refractivity contribution is 6.03. The van der Waals surface area contributed by atoms with Crippen LogP contribution in [0.5, 0.6) is 0 Å². The van der Waals surface area contributed by atoms with Crippen molar-refractivity contribution < 1.29 is 43.0 Å². The Hall–Kier alpha value is -4.16. The molecule has 5 amide bonds. The molecule has 0 saturated carbocycles. The first-order valence-electron chi connectivity index (χ1n) is 12.9. The van der Waals surface area contributed by atoms with Crippen LogP contribution in [0.1, 0.15) is 54.0 Å². The van der Waals surface area contributed by atoms with E-state index >= 15 is 0 Å². The van der Waals surface area contributed by atoms with Crippen LogP contribution in [-0.4, -0.2) is 77.2 Å². The summed E-state index contributed by atoms with van der Waals surface area (Å²) in [6.45, 7) is 10.6. The first-order valence-corrected chi connectivity index (χ1v) is 12.9. The van der Waals surface area contributed by atoms with Crippen LogP contribution in [0, 0.1) is 5.92 Å². The molecule has 1 heterocycles. The van der Waals surface area contributed by atoms with Crippen LogP contribution in [0.3, 0.4) is 0 Å². The Morgan fingerprint density at radius 3 is 2.23 bits per heavy atom. The molecular weight excluding hydrogens is 524 g/mol. The summed E-state index contributed by atoms with van der Waals surface area (Å²) in [7, 11) is 0. The van der Waals surface area contributed by atoms with E-state index in [9.17, 15) is 28.8 Å². The third kappa shape index (κ3) is 9.24. The predicted octanol–water partition coefficient (Wildman–Crippen LogP) is 1.64. The number of hydrogen-bond acceptors (Lipinski definition) is 9. The number of cyclic esters (lactones) is 1. The quantitative estimate of drug-likeness (QED) is 0.283. The molecule has 13 nitrogen and oxygen atoms in total. The molecule has 0 radical (unpaired) electrons. The molecule has 220 valence electrons. The Bertz CT molecular complexity index is 1100. The summed E-state index contributed by atoms with van der Waals surface area (Å²) in [5.41, 5.74) is -0.0429. The lowest BCUT2D eigenvalue weighted by Crippen LogP contribution is -2.58. The number of nitrogens with zero attached hydrogens (tertiary/aromatic N) is 1. The molecule has 40 heavy (non-hydrogen) atoms. The van der Waals surface area contributed by atoms with Crippen molar-refractivity contribution in [3.63, 3.8) is 0 Å². The molecular formula is C27H38N4O9. The van der Waals surface area contributed by atoms with Crippen LogP contribution in [0.15, 0.2) is 30.3 Å². The summed E-state index contributed by atoms with van der Waals surface area (Å²) in [5.74, 6) is -3.53. The van der Waals surface area contributed by atoms with Crippen molar-refractivity contribution in [2.24, 2.45) is 5.92 Å². The normalized spacial score (nSPS) is 18.3. The van der Waals surface area contributed by atoms with Gasteiger partial charge in [-0.1, -0.05) is 44.2 Å². The summed E-state index contributed by atoms with van der Waals surface area (Å²) >= 11 is 0. The lowest BCUT2D eigenvalue weighted by Gasteiger charge is -2.29. The molecule has 13 heteroatoms. The molecule has 1 aliphatic rings. The third-order valence-electron chi connectivity index (χ3n) is 5.70. The number of esters is 1. The molecule has 0 aliphatic carbocycles. The molecule has 4 atom stereocenters. The molecule has 2 rings (SSSR count). The van der Waals surface area contributed by atoms with Crippen molar-refractivity contribution >= 4 is 35.9 Å². The van der Waals surface area contributed by atoms with Gasteiger partial charge in [0.25, 0.3) is 5.91 Å². The van der Waals surface area contributed by atoms with Crippen molar-refractivity contribution in [3.05, 3.63) is 35.9 Å². The average Bonchev–Trinajstić information content (AvgIpc) is 3.16. The van der Waals surface area contributed by atoms with E-state index < -0.39 is 78.2 Å². The van der Waals surface area contributed by atoms with Gasteiger partial charge in [-0.3, -0.25) is 14.4 Å². The van der Waals surface area contributed by atoms with Crippen LogP contribution in [0.4, 0.5) is 9.59 Å². The molecule has 0 spiro atoms. The monoisotopic (exact) mass is 562 g/mol. The molecule has 3 N–H and O–H groups in total. The summed E-state index contributed by atoms with van der Waals surface area (Å²) in [5, 5.41) is 7.23. The molecule has 0 unspecified atom stereocenters. The largest absolute Gasteiger partial charge is 0.459 e. The Morgan fingerprint density at radius 1 is 1.02 bits per heavy atom. The number of benzene rings is 1. The van der Waals surface area contributed by atoms with Gasteiger partial charge in [0.05, 0.1) is 6.54 Å². The predicted molar refractivity (Wildman–Crippen MR) is 141 cm³/mol. The maximum absolute atomic E-state index is 13.3. The third-order valence-corrected chi connectivity index (χ3v) is 5.70. The van der Waals surface area contributed by atoms with Gasteiger partial charge in [-0.25, -0.2) is 19.3 Å². The van der Waals surface area contributed by atoms with Crippen molar-refractivity contribution in [3.8, 4) is 0 Å². The number of imide groups is 1. The van der Waals surface area contributed by atoms with Gasteiger partial charge in [0.15, 0.2) is 6.04 Å². The summed E-state index contributed by atoms with van der Waals surface area (Å²) < 4.78 is 15.5. The highest BCUT2D eigenvalue weighted by atomic mass is 16.6. The summed E-state index contributed by atoms with van der Waals surface area (Å²) in [4.78, 5) is 76.4. The molecule has 1 aliphatic heterocycles. The number of hydrogen-bond donors (Lipinski definition) is 3. The Labute approximate surface area is 233 Å². The van der Waals surface area contributed by atoms with Crippen LogP contribution in [0.2, 0.25) is 0 Å². The van der Waals surface area contributed by atoms with Crippen LogP contribution in [-0.2, 0) is 40.0 Å². The highest BCUT2D eigenvalue weighted by Gasteiger charge is 2.49. The van der Waals surface area contributed by atoms with Crippen LogP contribution in [0.25, 0.3) is 0 Å². The number of nitrogens with one attached hydrogen (secondary N) is 3. The molecule has 0 bridgehead atoms.